The van der Waals surface area contributed by atoms with Gasteiger partial charge in [0, 0.05) is 25.4 Å². The number of hydrazine groups is 1. The van der Waals surface area contributed by atoms with E-state index in [0.717, 1.165) is 9.74 Å². The average molecular weight is 488 g/mol. The van der Waals surface area contributed by atoms with Crippen LogP contribution >= 0.6 is 23.2 Å². The smallest absolute Gasteiger partial charge is 0.331 e. The van der Waals surface area contributed by atoms with Crippen LogP contribution < -0.4 is 22.0 Å². The Bertz CT molecular complexity index is 1440. The molecule has 0 spiro atoms. The summed E-state index contributed by atoms with van der Waals surface area (Å²) in [5, 5.41) is 13.9. The van der Waals surface area contributed by atoms with Gasteiger partial charge in [-0.1, -0.05) is 29.3 Å². The molecule has 170 valence electrons. The van der Waals surface area contributed by atoms with Gasteiger partial charge in [-0.05, 0) is 47.5 Å². The zero-order valence-corrected chi connectivity index (χ0v) is 18.9. The number of fused-ring (bicyclic) bond motifs is 1. The number of halogens is 2. The number of carbonyl (C=O) groups excluding carboxylic acids is 1. The van der Waals surface area contributed by atoms with Gasteiger partial charge in [-0.15, -0.1) is 0 Å². The third-order valence-electron chi connectivity index (χ3n) is 5.18. The maximum absolute atomic E-state index is 13.2. The summed E-state index contributed by atoms with van der Waals surface area (Å²) in [6.45, 7) is 0.169. The fourth-order valence-corrected chi connectivity index (χ4v) is 3.79. The van der Waals surface area contributed by atoms with Gasteiger partial charge < -0.3 is 5.32 Å². The molecule has 9 nitrogen and oxygen atoms in total. The molecule has 0 radical (unpaired) electrons. The second-order valence-corrected chi connectivity index (χ2v) is 8.22. The van der Waals surface area contributed by atoms with Gasteiger partial charge >= 0.3 is 5.69 Å². The second kappa shape index (κ2) is 9.14. The average Bonchev–Trinajstić information content (AvgIpc) is 2.80. The minimum absolute atomic E-state index is 0.000937. The molecule has 0 bridgehead atoms. The van der Waals surface area contributed by atoms with Gasteiger partial charge in [0.1, 0.15) is 0 Å². The Balaban J connectivity index is 1.67. The molecule has 0 fully saturated rings. The van der Waals surface area contributed by atoms with Gasteiger partial charge in [0.15, 0.2) is 0 Å². The molecular formula is C22H19Cl2N5O4. The van der Waals surface area contributed by atoms with Crippen molar-refractivity contribution < 1.29 is 10.0 Å². The van der Waals surface area contributed by atoms with Crippen LogP contribution in [0, 0.1) is 0 Å². The van der Waals surface area contributed by atoms with E-state index in [0.29, 0.717) is 26.7 Å². The molecule has 3 aromatic rings. The number of hydroxylamine groups is 1. The molecule has 3 N–H and O–H groups in total. The van der Waals surface area contributed by atoms with Crippen LogP contribution in [0.3, 0.4) is 0 Å². The normalized spacial score (nSPS) is 13.1. The third-order valence-corrected chi connectivity index (χ3v) is 5.92. The number of hydrogen-bond acceptors (Lipinski definition) is 6. The molecule has 2 aromatic carbocycles. The van der Waals surface area contributed by atoms with Gasteiger partial charge in [0.2, 0.25) is 0 Å². The lowest BCUT2D eigenvalue weighted by Gasteiger charge is -2.17. The number of benzene rings is 2. The van der Waals surface area contributed by atoms with E-state index in [-0.39, 0.29) is 24.0 Å². The molecule has 0 saturated heterocycles. The number of amides is 1. The minimum Gasteiger partial charge on any atom is -0.348 e. The number of hydrogen-bond donors (Lipinski definition) is 3. The van der Waals surface area contributed by atoms with Crippen molar-refractivity contribution in [2.24, 2.45) is 7.05 Å². The quantitative estimate of drug-likeness (QED) is 0.509. The number of rotatable bonds is 5. The van der Waals surface area contributed by atoms with Gasteiger partial charge in [-0.2, -0.15) is 5.17 Å². The molecule has 33 heavy (non-hydrogen) atoms. The van der Waals surface area contributed by atoms with Crippen LogP contribution in [0.1, 0.15) is 15.9 Å². The minimum atomic E-state index is -0.520. The van der Waals surface area contributed by atoms with E-state index in [4.69, 9.17) is 23.2 Å². The first-order valence-electron chi connectivity index (χ1n) is 9.82. The Morgan fingerprint density at radius 1 is 1.12 bits per heavy atom. The molecule has 1 aliphatic rings. The first-order chi connectivity index (χ1) is 15.7. The van der Waals surface area contributed by atoms with E-state index in [1.54, 1.807) is 43.5 Å². The Kier molecular flexibility index (Phi) is 6.28. The molecular weight excluding hydrogens is 469 g/mol. The maximum atomic E-state index is 13.2. The van der Waals surface area contributed by atoms with Crippen LogP contribution in [-0.2, 0) is 13.6 Å². The summed E-state index contributed by atoms with van der Waals surface area (Å²) in [5.41, 5.74) is 3.50. The predicted octanol–water partition coefficient (Wildman–Crippen LogP) is 2.39. The largest absolute Gasteiger partial charge is 0.348 e. The maximum Gasteiger partial charge on any atom is 0.331 e. The zero-order chi connectivity index (χ0) is 23.7. The van der Waals surface area contributed by atoms with Crippen molar-refractivity contribution in [3.05, 3.63) is 102 Å². The standard InChI is InChI=1S/C22H19Cl2N5O4/c1-27-19-5-3-15(20(30)25-10-14-6-7-26-29(33)12-14)9-16(19)21(31)28(22(27)32)11-13-2-4-17(23)18(24)8-13/h2-9,12,26,33H,10-11H2,1H3,(H,25,30). The van der Waals surface area contributed by atoms with Gasteiger partial charge in [-0.3, -0.25) is 29.4 Å². The molecule has 4 rings (SSSR count). The summed E-state index contributed by atoms with van der Waals surface area (Å²) < 4.78 is 2.44. The molecule has 1 amide bonds. The van der Waals surface area contributed by atoms with Crippen molar-refractivity contribution in [2.45, 2.75) is 6.54 Å². The molecule has 0 aliphatic carbocycles. The van der Waals surface area contributed by atoms with Crippen molar-refractivity contribution in [2.75, 3.05) is 6.54 Å². The van der Waals surface area contributed by atoms with E-state index in [1.165, 1.54) is 23.0 Å². The van der Waals surface area contributed by atoms with Crippen molar-refractivity contribution >= 4 is 40.0 Å². The molecule has 0 saturated carbocycles. The van der Waals surface area contributed by atoms with Crippen molar-refractivity contribution in [1.29, 1.82) is 0 Å². The molecule has 0 atom stereocenters. The summed E-state index contributed by atoms with van der Waals surface area (Å²) >= 11 is 12.0. The Morgan fingerprint density at radius 2 is 1.91 bits per heavy atom. The van der Waals surface area contributed by atoms with Crippen LogP contribution in [-0.4, -0.2) is 32.0 Å². The highest BCUT2D eigenvalue weighted by Crippen LogP contribution is 2.22. The van der Waals surface area contributed by atoms with Crippen LogP contribution in [0.2, 0.25) is 10.0 Å². The SMILES string of the molecule is Cn1c(=O)n(Cc2ccc(Cl)c(Cl)c2)c(=O)c2cc(C(=O)NCC3=CN(O)NC=C3)ccc21. The lowest BCUT2D eigenvalue weighted by atomic mass is 10.1. The molecule has 1 aromatic heterocycles. The first kappa shape index (κ1) is 22.7. The van der Waals surface area contributed by atoms with Crippen molar-refractivity contribution in [3.8, 4) is 0 Å². The number of aryl methyl sites for hydroxylation is 1. The molecule has 11 heteroatoms. The Morgan fingerprint density at radius 3 is 2.64 bits per heavy atom. The second-order valence-electron chi connectivity index (χ2n) is 7.41. The summed E-state index contributed by atoms with van der Waals surface area (Å²) in [4.78, 5) is 38.7. The van der Waals surface area contributed by atoms with Crippen molar-refractivity contribution in [3.63, 3.8) is 0 Å². The lowest BCUT2D eigenvalue weighted by molar-refractivity contribution is -0.0768. The van der Waals surface area contributed by atoms with Gasteiger partial charge in [0.05, 0.1) is 33.7 Å². The summed E-state index contributed by atoms with van der Waals surface area (Å²) in [7, 11) is 1.56. The van der Waals surface area contributed by atoms with Crippen LogP contribution in [0.5, 0.6) is 0 Å². The fourth-order valence-electron chi connectivity index (χ4n) is 3.46. The first-order valence-corrected chi connectivity index (χ1v) is 10.6. The monoisotopic (exact) mass is 487 g/mol. The Labute approximate surface area is 197 Å². The highest BCUT2D eigenvalue weighted by molar-refractivity contribution is 6.42. The molecule has 2 heterocycles. The van der Waals surface area contributed by atoms with Gasteiger partial charge in [0.25, 0.3) is 11.5 Å². The van der Waals surface area contributed by atoms with E-state index in [9.17, 15) is 19.6 Å². The van der Waals surface area contributed by atoms with E-state index >= 15 is 0 Å². The number of nitrogens with zero attached hydrogens (tertiary/aromatic N) is 3. The Hall–Kier alpha value is -3.53. The highest BCUT2D eigenvalue weighted by Gasteiger charge is 2.15. The summed E-state index contributed by atoms with van der Waals surface area (Å²) in [6.07, 6.45) is 4.64. The summed E-state index contributed by atoms with van der Waals surface area (Å²) in [5.74, 6) is -0.404. The van der Waals surface area contributed by atoms with Crippen LogP contribution in [0.25, 0.3) is 10.9 Å². The van der Waals surface area contributed by atoms with Crippen LogP contribution in [0.15, 0.2) is 70.0 Å². The number of nitrogens with one attached hydrogen (secondary N) is 2. The van der Waals surface area contributed by atoms with Gasteiger partial charge in [-0.25, -0.2) is 4.79 Å². The zero-order valence-electron chi connectivity index (χ0n) is 17.4. The van der Waals surface area contributed by atoms with E-state index < -0.39 is 17.2 Å². The van der Waals surface area contributed by atoms with Crippen molar-refractivity contribution in [1.82, 2.24) is 25.0 Å². The highest BCUT2D eigenvalue weighted by atomic mass is 35.5. The predicted molar refractivity (Wildman–Crippen MR) is 125 cm³/mol. The third kappa shape index (κ3) is 4.65. The molecule has 1 aliphatic heterocycles. The van der Waals surface area contributed by atoms with E-state index in [2.05, 4.69) is 10.7 Å². The number of carbonyl (C=O) groups is 1. The molecule has 0 unspecified atom stereocenters. The number of aromatic nitrogens is 2. The van der Waals surface area contributed by atoms with E-state index in [1.807, 2.05) is 0 Å². The topological polar surface area (TPSA) is 109 Å². The fraction of sp³-hybridized carbons (Fsp3) is 0.136. The lowest BCUT2D eigenvalue weighted by Crippen LogP contribution is -2.39. The summed E-state index contributed by atoms with van der Waals surface area (Å²) in [6, 6.07) is 9.46. The van der Waals surface area contributed by atoms with Crippen LogP contribution in [0.4, 0.5) is 0 Å².